The maximum absolute atomic E-state index is 14.8. The van der Waals surface area contributed by atoms with Gasteiger partial charge in [-0.1, -0.05) is 50.4 Å². The number of aldehydes is 1. The van der Waals surface area contributed by atoms with Crippen molar-refractivity contribution < 1.29 is 18.7 Å². The number of methoxy groups -OCH3 is 1. The Morgan fingerprint density at radius 3 is 2.53 bits per heavy atom. The van der Waals surface area contributed by atoms with Crippen LogP contribution in [0.25, 0.3) is 5.57 Å². The standard InChI is InChI=1S/C27H28FNO3/c1-7-10-23(21(8-2)24-12-11-18(4)15-25(24)28)22(9-3)26(17-30)29-14-13-20(16-19(29)5)27(31)32-6/h7-8,10-17H,2,5,9H2,1,3-4,6H3/b10-7-,23-21-,26-22+. The minimum Gasteiger partial charge on any atom is -0.465 e. The number of allylic oxidation sites excluding steroid dienone is 8. The number of rotatable bonds is 8. The lowest BCUT2D eigenvalue weighted by atomic mass is 9.90. The topological polar surface area (TPSA) is 46.6 Å². The highest BCUT2D eigenvalue weighted by Gasteiger charge is 2.22. The number of carbonyl (C=O) groups excluding carboxylic acids is 2. The number of hydrogen-bond acceptors (Lipinski definition) is 4. The fourth-order valence-electron chi connectivity index (χ4n) is 3.53. The minimum absolute atomic E-state index is 0.328. The molecule has 0 aromatic heterocycles. The van der Waals surface area contributed by atoms with Crippen LogP contribution in [0.4, 0.5) is 4.39 Å². The number of hydrogen-bond donors (Lipinski definition) is 0. The summed E-state index contributed by atoms with van der Waals surface area (Å²) in [6.45, 7) is 13.5. The molecule has 2 rings (SSSR count). The number of benzene rings is 1. The van der Waals surface area contributed by atoms with Crippen molar-refractivity contribution in [2.24, 2.45) is 0 Å². The van der Waals surface area contributed by atoms with Crippen molar-refractivity contribution in [3.05, 3.63) is 113 Å². The highest BCUT2D eigenvalue weighted by atomic mass is 19.1. The maximum atomic E-state index is 14.8. The molecule has 0 aliphatic carbocycles. The van der Waals surface area contributed by atoms with E-state index in [9.17, 15) is 14.0 Å². The molecule has 0 amide bonds. The van der Waals surface area contributed by atoms with Crippen LogP contribution in [-0.4, -0.2) is 24.3 Å². The van der Waals surface area contributed by atoms with Crippen molar-refractivity contribution in [2.45, 2.75) is 27.2 Å². The molecular weight excluding hydrogens is 405 g/mol. The van der Waals surface area contributed by atoms with Gasteiger partial charge in [0, 0.05) is 17.5 Å². The molecule has 1 aliphatic rings. The van der Waals surface area contributed by atoms with Gasteiger partial charge in [0.05, 0.1) is 18.4 Å². The third-order valence-corrected chi connectivity index (χ3v) is 5.06. The second kappa shape index (κ2) is 11.0. The van der Waals surface area contributed by atoms with Gasteiger partial charge in [0.1, 0.15) is 5.82 Å². The Morgan fingerprint density at radius 2 is 2.03 bits per heavy atom. The first-order chi connectivity index (χ1) is 15.3. The van der Waals surface area contributed by atoms with Crippen LogP contribution in [0.1, 0.15) is 31.4 Å². The molecular formula is C27H28FNO3. The Hall–Kier alpha value is -3.73. The lowest BCUT2D eigenvalue weighted by molar-refractivity contribution is -0.135. The predicted octanol–water partition coefficient (Wildman–Crippen LogP) is 5.96. The normalized spacial score (nSPS) is 15.2. The van der Waals surface area contributed by atoms with Crippen LogP contribution < -0.4 is 0 Å². The molecule has 1 heterocycles. The molecule has 1 aromatic rings. The highest BCUT2D eigenvalue weighted by Crippen LogP contribution is 2.33. The van der Waals surface area contributed by atoms with E-state index in [-0.39, 0.29) is 5.82 Å². The van der Waals surface area contributed by atoms with E-state index in [2.05, 4.69) is 13.2 Å². The van der Waals surface area contributed by atoms with Gasteiger partial charge in [0.15, 0.2) is 6.29 Å². The van der Waals surface area contributed by atoms with E-state index >= 15 is 0 Å². The highest BCUT2D eigenvalue weighted by molar-refractivity contribution is 5.93. The fraction of sp³-hybridized carbons (Fsp3) is 0.185. The Bertz CT molecular complexity index is 1100. The molecule has 0 radical (unpaired) electrons. The van der Waals surface area contributed by atoms with Crippen molar-refractivity contribution in [3.63, 3.8) is 0 Å². The van der Waals surface area contributed by atoms with Crippen LogP contribution in [0.3, 0.4) is 0 Å². The van der Waals surface area contributed by atoms with Crippen molar-refractivity contribution in [2.75, 3.05) is 7.11 Å². The Morgan fingerprint density at radius 1 is 1.31 bits per heavy atom. The van der Waals surface area contributed by atoms with Gasteiger partial charge in [0.2, 0.25) is 0 Å². The van der Waals surface area contributed by atoms with Crippen LogP contribution in [0.15, 0.2) is 96.1 Å². The van der Waals surface area contributed by atoms with Gasteiger partial charge < -0.3 is 9.64 Å². The van der Waals surface area contributed by atoms with Crippen molar-refractivity contribution >= 4 is 17.8 Å². The predicted molar refractivity (Wildman–Crippen MR) is 127 cm³/mol. The van der Waals surface area contributed by atoms with E-state index in [4.69, 9.17) is 4.74 Å². The van der Waals surface area contributed by atoms with Gasteiger partial charge in [-0.15, -0.1) is 0 Å². The largest absolute Gasteiger partial charge is 0.465 e. The zero-order valence-corrected chi connectivity index (χ0v) is 18.9. The van der Waals surface area contributed by atoms with Crippen LogP contribution in [0.2, 0.25) is 0 Å². The van der Waals surface area contributed by atoms with E-state index in [1.165, 1.54) is 13.2 Å². The summed E-state index contributed by atoms with van der Waals surface area (Å²) >= 11 is 0. The number of nitrogens with zero attached hydrogens (tertiary/aromatic N) is 1. The zero-order valence-electron chi connectivity index (χ0n) is 18.9. The average molecular weight is 434 g/mol. The summed E-state index contributed by atoms with van der Waals surface area (Å²) in [4.78, 5) is 25.7. The first kappa shape index (κ1) is 24.5. The quantitative estimate of drug-likeness (QED) is 0.220. The minimum atomic E-state index is -0.493. The number of halogens is 1. The molecule has 4 nitrogen and oxygen atoms in total. The summed E-state index contributed by atoms with van der Waals surface area (Å²) in [6.07, 6.45) is 11.2. The van der Waals surface area contributed by atoms with Crippen molar-refractivity contribution in [1.82, 2.24) is 4.90 Å². The van der Waals surface area contributed by atoms with Crippen LogP contribution in [0.5, 0.6) is 0 Å². The average Bonchev–Trinajstić information content (AvgIpc) is 2.78. The lowest BCUT2D eigenvalue weighted by Gasteiger charge is -2.27. The number of aryl methyl sites for hydroxylation is 1. The first-order valence-corrected chi connectivity index (χ1v) is 10.2. The summed E-state index contributed by atoms with van der Waals surface area (Å²) in [5.74, 6) is -0.856. The third-order valence-electron chi connectivity index (χ3n) is 5.06. The Labute approximate surface area is 189 Å². The van der Waals surface area contributed by atoms with Gasteiger partial charge in [0.25, 0.3) is 0 Å². The van der Waals surface area contributed by atoms with Gasteiger partial charge in [-0.25, -0.2) is 9.18 Å². The van der Waals surface area contributed by atoms with Crippen LogP contribution in [-0.2, 0) is 14.3 Å². The summed E-state index contributed by atoms with van der Waals surface area (Å²) < 4.78 is 19.6. The molecule has 32 heavy (non-hydrogen) atoms. The van der Waals surface area contributed by atoms with Crippen molar-refractivity contribution in [3.8, 4) is 0 Å². The monoisotopic (exact) mass is 433 g/mol. The molecule has 0 N–H and O–H groups in total. The van der Waals surface area contributed by atoms with E-state index in [1.54, 1.807) is 35.4 Å². The number of carbonyl (C=O) groups is 2. The number of esters is 1. The van der Waals surface area contributed by atoms with Crippen LogP contribution >= 0.6 is 0 Å². The van der Waals surface area contributed by atoms with E-state index in [0.29, 0.717) is 45.7 Å². The van der Waals surface area contributed by atoms with E-state index < -0.39 is 5.97 Å². The zero-order chi connectivity index (χ0) is 23.8. The molecule has 0 bridgehead atoms. The smallest absolute Gasteiger partial charge is 0.337 e. The Balaban J connectivity index is 2.75. The molecule has 0 spiro atoms. The molecule has 0 saturated heterocycles. The van der Waals surface area contributed by atoms with Crippen LogP contribution in [0, 0.1) is 12.7 Å². The second-order valence-electron chi connectivity index (χ2n) is 7.12. The Kier molecular flexibility index (Phi) is 8.47. The molecule has 5 heteroatoms. The molecule has 1 aromatic carbocycles. The SMILES string of the molecule is C=C/C(=C(\C=C/C)C(/CC)=C(\C=O)N1C=CC(C(=O)OC)=CC1=C)c1ccc(C)cc1F. The van der Waals surface area contributed by atoms with Gasteiger partial charge in [-0.2, -0.15) is 0 Å². The molecule has 0 fully saturated rings. The first-order valence-electron chi connectivity index (χ1n) is 10.2. The molecule has 166 valence electrons. The third kappa shape index (κ3) is 5.11. The fourth-order valence-corrected chi connectivity index (χ4v) is 3.53. The summed E-state index contributed by atoms with van der Waals surface area (Å²) in [5, 5.41) is 0. The van der Waals surface area contributed by atoms with Gasteiger partial charge in [-0.05, 0) is 60.8 Å². The van der Waals surface area contributed by atoms with Crippen molar-refractivity contribution in [1.29, 1.82) is 0 Å². The lowest BCUT2D eigenvalue weighted by Crippen LogP contribution is -2.22. The van der Waals surface area contributed by atoms with E-state index in [0.717, 1.165) is 11.8 Å². The summed E-state index contributed by atoms with van der Waals surface area (Å²) in [5.41, 5.74) is 4.26. The summed E-state index contributed by atoms with van der Waals surface area (Å²) in [7, 11) is 1.30. The van der Waals surface area contributed by atoms with Gasteiger partial charge in [-0.3, -0.25) is 4.79 Å². The molecule has 0 atom stereocenters. The number of ether oxygens (including phenoxy) is 1. The maximum Gasteiger partial charge on any atom is 0.337 e. The molecule has 0 unspecified atom stereocenters. The van der Waals surface area contributed by atoms with Gasteiger partial charge >= 0.3 is 5.97 Å². The molecule has 0 saturated carbocycles. The molecule has 1 aliphatic heterocycles. The second-order valence-corrected chi connectivity index (χ2v) is 7.12. The summed E-state index contributed by atoms with van der Waals surface area (Å²) in [6, 6.07) is 5.01. The van der Waals surface area contributed by atoms with E-state index in [1.807, 2.05) is 39.0 Å².